The van der Waals surface area contributed by atoms with Crippen LogP contribution in [0.4, 0.5) is 5.69 Å². The molecule has 1 aromatic heterocycles. The number of nitrogens with two attached hydrogens (primary N) is 1. The van der Waals surface area contributed by atoms with Crippen molar-refractivity contribution in [3.8, 4) is 11.4 Å². The van der Waals surface area contributed by atoms with Crippen LogP contribution < -0.4 is 5.73 Å². The van der Waals surface area contributed by atoms with Crippen molar-refractivity contribution in [1.29, 1.82) is 0 Å². The molecular formula is C15H23N5O. The second kappa shape index (κ2) is 6.67. The first-order valence-electron chi connectivity index (χ1n) is 7.26. The van der Waals surface area contributed by atoms with Crippen molar-refractivity contribution in [1.82, 2.24) is 20.2 Å². The molecule has 114 valence electrons. The van der Waals surface area contributed by atoms with E-state index in [4.69, 9.17) is 10.5 Å². The van der Waals surface area contributed by atoms with Gasteiger partial charge in [-0.2, -0.15) is 0 Å². The standard InChI is InChI=1S/C15H23N5O/c1-5-21-9-14(10(2)3)20-15(17-18-19-20)12-6-11(4)7-13(16)8-12/h6-8,10,14H,5,9,16H2,1-4H3. The number of aromatic nitrogens is 4. The summed E-state index contributed by atoms with van der Waals surface area (Å²) in [4.78, 5) is 0. The van der Waals surface area contributed by atoms with E-state index >= 15 is 0 Å². The summed E-state index contributed by atoms with van der Waals surface area (Å²) in [5, 5.41) is 12.2. The maximum Gasteiger partial charge on any atom is 0.182 e. The summed E-state index contributed by atoms with van der Waals surface area (Å²) in [6, 6.07) is 5.96. The lowest BCUT2D eigenvalue weighted by molar-refractivity contribution is 0.0913. The summed E-state index contributed by atoms with van der Waals surface area (Å²) in [6.45, 7) is 9.54. The number of anilines is 1. The van der Waals surface area contributed by atoms with Gasteiger partial charge in [0, 0.05) is 17.9 Å². The zero-order chi connectivity index (χ0) is 15.4. The van der Waals surface area contributed by atoms with Crippen LogP contribution in [0.15, 0.2) is 18.2 Å². The zero-order valence-electron chi connectivity index (χ0n) is 13.1. The maximum absolute atomic E-state index is 5.93. The molecule has 0 radical (unpaired) electrons. The summed E-state index contributed by atoms with van der Waals surface area (Å²) in [5.41, 5.74) is 8.66. The molecule has 0 aliphatic heterocycles. The number of tetrazole rings is 1. The summed E-state index contributed by atoms with van der Waals surface area (Å²) in [6.07, 6.45) is 0. The lowest BCUT2D eigenvalue weighted by Gasteiger charge is -2.21. The van der Waals surface area contributed by atoms with E-state index in [1.54, 1.807) is 0 Å². The second-order valence-corrected chi connectivity index (χ2v) is 5.55. The number of benzene rings is 1. The minimum absolute atomic E-state index is 0.0942. The van der Waals surface area contributed by atoms with Gasteiger partial charge in [0.2, 0.25) is 0 Å². The molecule has 0 saturated heterocycles. The zero-order valence-corrected chi connectivity index (χ0v) is 13.1. The van der Waals surface area contributed by atoms with Crippen molar-refractivity contribution >= 4 is 5.69 Å². The number of aryl methyl sites for hydroxylation is 1. The number of hydrogen-bond acceptors (Lipinski definition) is 5. The summed E-state index contributed by atoms with van der Waals surface area (Å²) < 4.78 is 7.42. The first-order chi connectivity index (χ1) is 10.0. The molecule has 0 spiro atoms. The lowest BCUT2D eigenvalue weighted by Crippen LogP contribution is -2.23. The fourth-order valence-corrected chi connectivity index (χ4v) is 2.33. The number of nitrogens with zero attached hydrogens (tertiary/aromatic N) is 4. The molecule has 0 aliphatic carbocycles. The molecule has 1 atom stereocenters. The normalized spacial score (nSPS) is 12.8. The third-order valence-electron chi connectivity index (χ3n) is 3.43. The van der Waals surface area contributed by atoms with Gasteiger partial charge < -0.3 is 10.5 Å². The van der Waals surface area contributed by atoms with E-state index in [1.165, 1.54) is 0 Å². The topological polar surface area (TPSA) is 78.8 Å². The molecule has 6 nitrogen and oxygen atoms in total. The number of rotatable bonds is 6. The van der Waals surface area contributed by atoms with Crippen molar-refractivity contribution in [2.24, 2.45) is 5.92 Å². The number of ether oxygens (including phenoxy) is 1. The van der Waals surface area contributed by atoms with Gasteiger partial charge in [0.1, 0.15) is 0 Å². The second-order valence-electron chi connectivity index (χ2n) is 5.55. The maximum atomic E-state index is 5.93. The lowest BCUT2D eigenvalue weighted by atomic mass is 10.0. The highest BCUT2D eigenvalue weighted by molar-refractivity contribution is 5.62. The minimum Gasteiger partial charge on any atom is -0.399 e. The third-order valence-corrected chi connectivity index (χ3v) is 3.43. The number of nitrogen functional groups attached to an aromatic ring is 1. The van der Waals surface area contributed by atoms with Gasteiger partial charge in [-0.1, -0.05) is 13.8 Å². The molecule has 6 heteroatoms. The SMILES string of the molecule is CCOCC(C(C)C)n1nnnc1-c1cc(C)cc(N)c1. The van der Waals surface area contributed by atoms with Gasteiger partial charge in [-0.25, -0.2) is 4.68 Å². The van der Waals surface area contributed by atoms with E-state index in [0.717, 1.165) is 17.0 Å². The average Bonchev–Trinajstić information content (AvgIpc) is 2.87. The van der Waals surface area contributed by atoms with Crippen LogP contribution in [0.2, 0.25) is 0 Å². The minimum atomic E-state index is 0.0942. The monoisotopic (exact) mass is 289 g/mol. The van der Waals surface area contributed by atoms with Gasteiger partial charge in [0.05, 0.1) is 12.6 Å². The molecule has 2 N–H and O–H groups in total. The van der Waals surface area contributed by atoms with Gasteiger partial charge in [-0.3, -0.25) is 0 Å². The van der Waals surface area contributed by atoms with Gasteiger partial charge in [0.15, 0.2) is 5.82 Å². The van der Waals surface area contributed by atoms with Crippen LogP contribution in [-0.4, -0.2) is 33.4 Å². The van der Waals surface area contributed by atoms with Crippen molar-refractivity contribution in [2.75, 3.05) is 18.9 Å². The first-order valence-corrected chi connectivity index (χ1v) is 7.26. The molecule has 0 saturated carbocycles. The molecule has 2 aromatic rings. The Morgan fingerprint density at radius 2 is 2.05 bits per heavy atom. The molecule has 1 aromatic carbocycles. The Labute approximate surface area is 125 Å². The highest BCUT2D eigenvalue weighted by Gasteiger charge is 2.22. The Kier molecular flexibility index (Phi) is 4.90. The molecule has 0 fully saturated rings. The van der Waals surface area contributed by atoms with Crippen LogP contribution in [0.25, 0.3) is 11.4 Å². The molecule has 1 heterocycles. The molecule has 21 heavy (non-hydrogen) atoms. The molecular weight excluding hydrogens is 266 g/mol. The van der Waals surface area contributed by atoms with E-state index in [2.05, 4.69) is 29.4 Å². The Bertz CT molecular complexity index is 573. The Morgan fingerprint density at radius 3 is 2.67 bits per heavy atom. The molecule has 0 amide bonds. The van der Waals surface area contributed by atoms with Crippen LogP contribution >= 0.6 is 0 Å². The van der Waals surface area contributed by atoms with Crippen LogP contribution in [0.5, 0.6) is 0 Å². The Balaban J connectivity index is 2.40. The highest BCUT2D eigenvalue weighted by Crippen LogP contribution is 2.26. The van der Waals surface area contributed by atoms with Gasteiger partial charge in [-0.05, 0) is 54.0 Å². The van der Waals surface area contributed by atoms with Gasteiger partial charge in [0.25, 0.3) is 0 Å². The van der Waals surface area contributed by atoms with Crippen molar-refractivity contribution in [3.05, 3.63) is 23.8 Å². The van der Waals surface area contributed by atoms with E-state index in [9.17, 15) is 0 Å². The summed E-state index contributed by atoms with van der Waals surface area (Å²) in [7, 11) is 0. The predicted octanol–water partition coefficient (Wildman–Crippen LogP) is 2.46. The highest BCUT2D eigenvalue weighted by atomic mass is 16.5. The molecule has 2 rings (SSSR count). The Hall–Kier alpha value is -1.95. The predicted molar refractivity (Wildman–Crippen MR) is 82.8 cm³/mol. The van der Waals surface area contributed by atoms with Crippen LogP contribution in [-0.2, 0) is 4.74 Å². The smallest absolute Gasteiger partial charge is 0.182 e. The number of hydrogen-bond donors (Lipinski definition) is 1. The van der Waals surface area contributed by atoms with E-state index in [1.807, 2.05) is 36.7 Å². The first kappa shape index (κ1) is 15.4. The quantitative estimate of drug-likeness (QED) is 0.826. The fourth-order valence-electron chi connectivity index (χ4n) is 2.33. The van der Waals surface area contributed by atoms with Gasteiger partial charge in [-0.15, -0.1) is 5.10 Å². The van der Waals surface area contributed by atoms with E-state index in [-0.39, 0.29) is 6.04 Å². The van der Waals surface area contributed by atoms with Gasteiger partial charge >= 0.3 is 0 Å². The molecule has 0 aliphatic rings. The van der Waals surface area contributed by atoms with E-state index in [0.29, 0.717) is 24.8 Å². The summed E-state index contributed by atoms with van der Waals surface area (Å²) in [5.74, 6) is 1.09. The van der Waals surface area contributed by atoms with Crippen molar-refractivity contribution in [2.45, 2.75) is 33.7 Å². The van der Waals surface area contributed by atoms with E-state index < -0.39 is 0 Å². The van der Waals surface area contributed by atoms with Crippen molar-refractivity contribution < 1.29 is 4.74 Å². The van der Waals surface area contributed by atoms with Crippen LogP contribution in [0, 0.1) is 12.8 Å². The fraction of sp³-hybridized carbons (Fsp3) is 0.533. The van der Waals surface area contributed by atoms with Crippen LogP contribution in [0.1, 0.15) is 32.4 Å². The largest absolute Gasteiger partial charge is 0.399 e. The molecule has 0 bridgehead atoms. The average molecular weight is 289 g/mol. The summed E-state index contributed by atoms with van der Waals surface area (Å²) >= 11 is 0. The van der Waals surface area contributed by atoms with Crippen molar-refractivity contribution in [3.63, 3.8) is 0 Å². The third kappa shape index (κ3) is 3.58. The molecule has 1 unspecified atom stereocenters. The Morgan fingerprint density at radius 1 is 1.29 bits per heavy atom. The van der Waals surface area contributed by atoms with Crippen LogP contribution in [0.3, 0.4) is 0 Å².